The molecular weight excluding hydrogens is 435 g/mol. The van der Waals surface area contributed by atoms with Crippen molar-refractivity contribution in [1.82, 2.24) is 0 Å². The Bertz CT molecular complexity index is 1080. The molecule has 1 aromatic carbocycles. The van der Waals surface area contributed by atoms with E-state index in [-0.39, 0.29) is 22.3 Å². The highest BCUT2D eigenvalue weighted by molar-refractivity contribution is 6.35. The summed E-state index contributed by atoms with van der Waals surface area (Å²) in [4.78, 5) is 0. The summed E-state index contributed by atoms with van der Waals surface area (Å²) in [7, 11) is 0. The number of halogens is 2. The Morgan fingerprint density at radius 1 is 1.13 bits per heavy atom. The third-order valence-corrected chi connectivity index (χ3v) is 7.94. The maximum atomic E-state index is 10.5. The van der Waals surface area contributed by atoms with Crippen LogP contribution in [0.5, 0.6) is 0 Å². The zero-order valence-corrected chi connectivity index (χ0v) is 19.0. The first kappa shape index (κ1) is 21.9. The molecule has 0 radical (unpaired) electrons. The van der Waals surface area contributed by atoms with Gasteiger partial charge in [0.15, 0.2) is 5.41 Å². The number of nitrogens with one attached hydrogen (secondary N) is 1. The van der Waals surface area contributed by atoms with Crippen LogP contribution in [0.15, 0.2) is 18.2 Å². The number of nitrogens with zero attached hydrogens (tertiary/aromatic N) is 3. The number of ether oxygens (including phenoxy) is 2. The van der Waals surface area contributed by atoms with Gasteiger partial charge in [0.05, 0.1) is 24.1 Å². The van der Waals surface area contributed by atoms with Crippen molar-refractivity contribution in [2.24, 2.45) is 28.1 Å². The van der Waals surface area contributed by atoms with Gasteiger partial charge in [-0.1, -0.05) is 50.0 Å². The van der Waals surface area contributed by atoms with Gasteiger partial charge in [0, 0.05) is 22.0 Å². The van der Waals surface area contributed by atoms with Crippen LogP contribution in [-0.2, 0) is 9.47 Å². The molecule has 0 spiro atoms. The fourth-order valence-electron chi connectivity index (χ4n) is 5.62. The van der Waals surface area contributed by atoms with E-state index in [2.05, 4.69) is 39.0 Å². The monoisotopic (exact) mass is 456 g/mol. The van der Waals surface area contributed by atoms with Crippen LogP contribution in [0.25, 0.3) is 0 Å². The summed E-state index contributed by atoms with van der Waals surface area (Å²) in [5, 5.41) is 40.4. The minimum atomic E-state index is -2.01. The lowest BCUT2D eigenvalue weighted by Crippen LogP contribution is -2.61. The SMILES string of the molecule is CC(C)(C)C1CCC23OC(=N)C(C#N)(C2C1)C(C#N)(C#N)C(c1ccc(Cl)cc1Cl)O3. The van der Waals surface area contributed by atoms with Crippen molar-refractivity contribution in [3.63, 3.8) is 0 Å². The Kier molecular flexibility index (Phi) is 4.84. The van der Waals surface area contributed by atoms with Gasteiger partial charge in [0.1, 0.15) is 6.10 Å². The maximum absolute atomic E-state index is 10.5. The molecule has 1 saturated carbocycles. The van der Waals surface area contributed by atoms with Crippen molar-refractivity contribution in [3.05, 3.63) is 33.8 Å². The van der Waals surface area contributed by atoms with E-state index in [9.17, 15) is 15.8 Å². The fraction of sp³-hybridized carbons (Fsp3) is 0.565. The molecule has 2 saturated heterocycles. The van der Waals surface area contributed by atoms with Crippen LogP contribution in [0.3, 0.4) is 0 Å². The first-order valence-corrected chi connectivity index (χ1v) is 10.9. The number of benzene rings is 1. The molecule has 160 valence electrons. The van der Waals surface area contributed by atoms with Crippen LogP contribution in [0.2, 0.25) is 10.0 Å². The Hall–Kier alpha value is -2.30. The van der Waals surface area contributed by atoms with E-state index in [1.54, 1.807) is 12.1 Å². The third kappa shape index (κ3) is 2.68. The first-order valence-electron chi connectivity index (χ1n) is 10.2. The highest BCUT2D eigenvalue weighted by Gasteiger charge is 2.81. The highest BCUT2D eigenvalue weighted by atomic mass is 35.5. The quantitative estimate of drug-likeness (QED) is 0.575. The molecule has 1 aromatic rings. The van der Waals surface area contributed by atoms with Gasteiger partial charge >= 0.3 is 0 Å². The van der Waals surface area contributed by atoms with Crippen molar-refractivity contribution in [3.8, 4) is 18.2 Å². The molecule has 5 unspecified atom stereocenters. The van der Waals surface area contributed by atoms with Gasteiger partial charge in [-0.3, -0.25) is 5.41 Å². The second-order valence-electron chi connectivity index (χ2n) is 9.75. The molecule has 2 aliphatic heterocycles. The van der Waals surface area contributed by atoms with Gasteiger partial charge < -0.3 is 9.47 Å². The van der Waals surface area contributed by atoms with Crippen molar-refractivity contribution in [2.45, 2.75) is 51.9 Å². The topological polar surface area (TPSA) is 114 Å². The number of hydrogen-bond acceptors (Lipinski definition) is 6. The van der Waals surface area contributed by atoms with Crippen molar-refractivity contribution < 1.29 is 9.47 Å². The van der Waals surface area contributed by atoms with Crippen LogP contribution in [-0.4, -0.2) is 11.7 Å². The molecule has 3 fully saturated rings. The Morgan fingerprint density at radius 3 is 2.35 bits per heavy atom. The maximum Gasteiger partial charge on any atom is 0.217 e. The van der Waals surface area contributed by atoms with Crippen LogP contribution in [0, 0.1) is 67.5 Å². The summed E-state index contributed by atoms with van der Waals surface area (Å²) in [6.45, 7) is 6.39. The summed E-state index contributed by atoms with van der Waals surface area (Å²) in [5.74, 6) is -2.01. The fourth-order valence-corrected chi connectivity index (χ4v) is 6.13. The van der Waals surface area contributed by atoms with Crippen molar-refractivity contribution in [2.75, 3.05) is 0 Å². The molecule has 2 bridgehead atoms. The molecule has 1 N–H and O–H groups in total. The van der Waals surface area contributed by atoms with E-state index in [0.29, 0.717) is 23.4 Å². The second kappa shape index (κ2) is 6.85. The zero-order chi connectivity index (χ0) is 22.8. The van der Waals surface area contributed by atoms with E-state index in [0.717, 1.165) is 6.42 Å². The van der Waals surface area contributed by atoms with Gasteiger partial charge in [0.2, 0.25) is 17.1 Å². The molecule has 8 heteroatoms. The molecule has 4 rings (SSSR count). The van der Waals surface area contributed by atoms with Crippen LogP contribution < -0.4 is 0 Å². The standard InChI is InChI=1S/C23H22Cl2N4O2/c1-20(2,3)13-6-7-23-17(8-13)22(12-28,19(29)31-23)21(10-26,11-27)18(30-23)15-5-4-14(24)9-16(15)25/h4-5,9,13,17-18,29H,6-8H2,1-3H3. The molecule has 5 atom stereocenters. The third-order valence-electron chi connectivity index (χ3n) is 7.38. The molecule has 0 amide bonds. The van der Waals surface area contributed by atoms with Crippen LogP contribution in [0.4, 0.5) is 0 Å². The lowest BCUT2D eigenvalue weighted by molar-refractivity contribution is -0.301. The molecule has 31 heavy (non-hydrogen) atoms. The molecule has 3 aliphatic rings. The van der Waals surface area contributed by atoms with Gasteiger partial charge in [-0.15, -0.1) is 0 Å². The molecular formula is C23H22Cl2N4O2. The summed E-state index contributed by atoms with van der Waals surface area (Å²) in [6, 6.07) is 11.1. The minimum absolute atomic E-state index is 0.0435. The van der Waals surface area contributed by atoms with Gasteiger partial charge in [-0.05, 0) is 36.3 Å². The summed E-state index contributed by atoms with van der Waals surface area (Å²) in [6.07, 6.45) is 0.588. The highest BCUT2D eigenvalue weighted by Crippen LogP contribution is 2.71. The van der Waals surface area contributed by atoms with Crippen LogP contribution in [0.1, 0.15) is 51.7 Å². The summed E-state index contributed by atoms with van der Waals surface area (Å²) < 4.78 is 12.4. The molecule has 2 heterocycles. The van der Waals surface area contributed by atoms with E-state index < -0.39 is 28.6 Å². The lowest BCUT2D eigenvalue weighted by atomic mass is 9.49. The second-order valence-corrected chi connectivity index (χ2v) is 10.6. The normalized spacial score (nSPS) is 35.8. The average molecular weight is 457 g/mol. The predicted octanol–water partition coefficient (Wildman–Crippen LogP) is 5.77. The van der Waals surface area contributed by atoms with E-state index in [1.807, 2.05) is 0 Å². The van der Waals surface area contributed by atoms with E-state index in [1.165, 1.54) is 6.07 Å². The van der Waals surface area contributed by atoms with Crippen molar-refractivity contribution in [1.29, 1.82) is 21.2 Å². The lowest BCUT2D eigenvalue weighted by Gasteiger charge is -2.54. The molecule has 1 aliphatic carbocycles. The number of hydrogen-bond donors (Lipinski definition) is 1. The van der Waals surface area contributed by atoms with E-state index >= 15 is 0 Å². The largest absolute Gasteiger partial charge is 0.447 e. The molecule has 6 nitrogen and oxygen atoms in total. The minimum Gasteiger partial charge on any atom is -0.447 e. The van der Waals surface area contributed by atoms with Gasteiger partial charge in [-0.25, -0.2) is 0 Å². The Morgan fingerprint density at radius 2 is 1.81 bits per heavy atom. The zero-order valence-electron chi connectivity index (χ0n) is 17.5. The van der Waals surface area contributed by atoms with E-state index in [4.69, 9.17) is 38.1 Å². The first-order chi connectivity index (χ1) is 14.5. The Labute approximate surface area is 191 Å². The summed E-state index contributed by atoms with van der Waals surface area (Å²) in [5.41, 5.74) is -3.45. The number of rotatable bonds is 1. The molecule has 0 aromatic heterocycles. The Balaban J connectivity index is 1.96. The smallest absolute Gasteiger partial charge is 0.217 e. The van der Waals surface area contributed by atoms with Gasteiger partial charge in [0.25, 0.3) is 0 Å². The van der Waals surface area contributed by atoms with Gasteiger partial charge in [-0.2, -0.15) is 15.8 Å². The summed E-state index contributed by atoms with van der Waals surface area (Å²) >= 11 is 12.5. The van der Waals surface area contributed by atoms with Crippen LogP contribution >= 0.6 is 23.2 Å². The average Bonchev–Trinajstić information content (AvgIpc) is 2.91. The predicted molar refractivity (Wildman–Crippen MR) is 114 cm³/mol. The van der Waals surface area contributed by atoms with Crippen molar-refractivity contribution >= 4 is 29.1 Å². The number of nitriles is 3.